The number of rotatable bonds is 8. The molecule has 3 rings (SSSR count). The van der Waals surface area contributed by atoms with Gasteiger partial charge in [-0.05, 0) is 62.6 Å². The second kappa shape index (κ2) is 10.4. The fourth-order valence-corrected chi connectivity index (χ4v) is 3.66. The van der Waals surface area contributed by atoms with Crippen LogP contribution in [0.3, 0.4) is 0 Å². The quantitative estimate of drug-likeness (QED) is 0.549. The molecule has 1 heterocycles. The van der Waals surface area contributed by atoms with Crippen LogP contribution in [0.2, 0.25) is 0 Å². The average Bonchev–Trinajstić information content (AvgIpc) is 3.05. The molecule has 7 heteroatoms. The maximum Gasteiger partial charge on any atom is 0.256 e. The maximum atomic E-state index is 12.7. The normalized spacial score (nSPS) is 10.4. The number of carbonyl (C=O) groups excluding carboxylic acids is 2. The Morgan fingerprint density at radius 1 is 1.03 bits per heavy atom. The number of benzene rings is 2. The molecule has 2 amide bonds. The van der Waals surface area contributed by atoms with Crippen molar-refractivity contribution in [3.8, 4) is 6.07 Å². The lowest BCUT2D eigenvalue weighted by atomic mass is 10.0. The number of aromatic nitrogens is 2. The van der Waals surface area contributed by atoms with E-state index in [1.54, 1.807) is 18.2 Å². The molecule has 0 aliphatic carbocycles. The van der Waals surface area contributed by atoms with Crippen molar-refractivity contribution in [3.05, 3.63) is 76.6 Å². The summed E-state index contributed by atoms with van der Waals surface area (Å²) in [5.41, 5.74) is 5.46. The zero-order valence-corrected chi connectivity index (χ0v) is 18.6. The van der Waals surface area contributed by atoms with Crippen LogP contribution >= 0.6 is 0 Å². The zero-order chi connectivity index (χ0) is 23.1. The molecule has 0 atom stereocenters. The Kier molecular flexibility index (Phi) is 7.40. The molecule has 0 bridgehead atoms. The summed E-state index contributed by atoms with van der Waals surface area (Å²) in [6.45, 7) is 6.25. The SMILES string of the molecule is Cc1nn(CCC#N)c(C)c1CCC(=O)Nc1cccc(C(=O)Nc2ccccc2)c1C. The summed E-state index contributed by atoms with van der Waals surface area (Å²) in [4.78, 5) is 25.3. The van der Waals surface area contributed by atoms with Gasteiger partial charge < -0.3 is 10.6 Å². The van der Waals surface area contributed by atoms with Crippen LogP contribution in [0.4, 0.5) is 11.4 Å². The Morgan fingerprint density at radius 3 is 2.50 bits per heavy atom. The van der Waals surface area contributed by atoms with Gasteiger partial charge in [-0.15, -0.1) is 0 Å². The second-order valence-electron chi connectivity index (χ2n) is 7.63. The van der Waals surface area contributed by atoms with Gasteiger partial charge in [-0.1, -0.05) is 24.3 Å². The second-order valence-corrected chi connectivity index (χ2v) is 7.63. The molecule has 0 aliphatic heterocycles. The smallest absolute Gasteiger partial charge is 0.256 e. The average molecular weight is 430 g/mol. The topological polar surface area (TPSA) is 99.8 Å². The van der Waals surface area contributed by atoms with Crippen LogP contribution in [0.5, 0.6) is 0 Å². The van der Waals surface area contributed by atoms with Crippen LogP contribution in [0.25, 0.3) is 0 Å². The minimum atomic E-state index is -0.221. The van der Waals surface area contributed by atoms with Crippen molar-refractivity contribution < 1.29 is 9.59 Å². The molecule has 2 aromatic carbocycles. The van der Waals surface area contributed by atoms with E-state index in [0.717, 1.165) is 17.0 Å². The number of para-hydroxylation sites is 1. The molecule has 0 unspecified atom stereocenters. The summed E-state index contributed by atoms with van der Waals surface area (Å²) in [6.07, 6.45) is 1.25. The third kappa shape index (κ3) is 5.41. The van der Waals surface area contributed by atoms with Crippen LogP contribution < -0.4 is 10.6 Å². The summed E-state index contributed by atoms with van der Waals surface area (Å²) < 4.78 is 1.82. The number of hydrogen-bond donors (Lipinski definition) is 2. The van der Waals surface area contributed by atoms with Crippen molar-refractivity contribution in [2.24, 2.45) is 0 Å². The molecule has 7 nitrogen and oxygen atoms in total. The van der Waals surface area contributed by atoms with Crippen LogP contribution in [0.15, 0.2) is 48.5 Å². The highest BCUT2D eigenvalue weighted by Crippen LogP contribution is 2.21. The van der Waals surface area contributed by atoms with E-state index in [1.165, 1.54) is 0 Å². The van der Waals surface area contributed by atoms with E-state index in [1.807, 2.05) is 55.8 Å². The predicted molar refractivity (Wildman–Crippen MR) is 124 cm³/mol. The van der Waals surface area contributed by atoms with Crippen LogP contribution in [-0.4, -0.2) is 21.6 Å². The molecule has 3 aromatic rings. The molecular weight excluding hydrogens is 402 g/mol. The van der Waals surface area contributed by atoms with Gasteiger partial charge in [0, 0.05) is 29.1 Å². The third-order valence-corrected chi connectivity index (χ3v) is 5.45. The molecule has 2 N–H and O–H groups in total. The monoisotopic (exact) mass is 429 g/mol. The summed E-state index contributed by atoms with van der Waals surface area (Å²) in [5, 5.41) is 19.1. The van der Waals surface area contributed by atoms with Gasteiger partial charge >= 0.3 is 0 Å². The van der Waals surface area contributed by atoms with Crippen LogP contribution in [0.1, 0.15) is 45.7 Å². The Hall–Kier alpha value is -3.92. The Labute approximate surface area is 188 Å². The first-order chi connectivity index (χ1) is 15.4. The number of hydrogen-bond acceptors (Lipinski definition) is 4. The summed E-state index contributed by atoms with van der Waals surface area (Å²) in [6, 6.07) is 16.7. The zero-order valence-electron chi connectivity index (χ0n) is 18.6. The highest BCUT2D eigenvalue weighted by atomic mass is 16.2. The van der Waals surface area contributed by atoms with Gasteiger partial charge in [-0.25, -0.2) is 0 Å². The van der Waals surface area contributed by atoms with E-state index >= 15 is 0 Å². The number of nitriles is 1. The van der Waals surface area contributed by atoms with E-state index in [9.17, 15) is 9.59 Å². The Morgan fingerprint density at radius 2 is 1.78 bits per heavy atom. The van der Waals surface area contributed by atoms with Crippen molar-refractivity contribution in [2.45, 2.75) is 46.6 Å². The molecule has 32 heavy (non-hydrogen) atoms. The number of aryl methyl sites for hydroxylation is 2. The van der Waals surface area contributed by atoms with E-state index in [2.05, 4.69) is 21.8 Å². The highest BCUT2D eigenvalue weighted by molar-refractivity contribution is 6.06. The van der Waals surface area contributed by atoms with Gasteiger partial charge in [0.05, 0.1) is 24.7 Å². The minimum absolute atomic E-state index is 0.128. The number of anilines is 2. The standard InChI is InChI=1S/C25H27N5O2/c1-17-21(25(32)27-20-9-5-4-6-10-20)11-7-12-23(17)28-24(31)14-13-22-18(2)29-30(19(22)3)16-8-15-26/h4-7,9-12H,8,13-14,16H2,1-3H3,(H,27,32)(H,28,31). The number of carbonyl (C=O) groups is 2. The first-order valence-corrected chi connectivity index (χ1v) is 10.6. The lowest BCUT2D eigenvalue weighted by Gasteiger charge is -2.13. The van der Waals surface area contributed by atoms with Crippen LogP contribution in [0, 0.1) is 32.1 Å². The molecule has 0 aliphatic rings. The van der Waals surface area contributed by atoms with E-state index in [-0.39, 0.29) is 11.8 Å². The molecule has 1 aromatic heterocycles. The molecule has 164 valence electrons. The third-order valence-electron chi connectivity index (χ3n) is 5.45. The number of nitrogens with zero attached hydrogens (tertiary/aromatic N) is 3. The molecule has 0 saturated carbocycles. The molecule has 0 fully saturated rings. The lowest BCUT2D eigenvalue weighted by Crippen LogP contribution is -2.17. The van der Waals surface area contributed by atoms with Gasteiger partial charge in [-0.2, -0.15) is 10.4 Å². The van der Waals surface area contributed by atoms with Crippen molar-refractivity contribution in [3.63, 3.8) is 0 Å². The van der Waals surface area contributed by atoms with Crippen molar-refractivity contribution >= 4 is 23.2 Å². The van der Waals surface area contributed by atoms with Gasteiger partial charge in [-0.3, -0.25) is 14.3 Å². The van der Waals surface area contributed by atoms with Crippen LogP contribution in [-0.2, 0) is 17.8 Å². The number of amides is 2. The van der Waals surface area contributed by atoms with Gasteiger partial charge in [0.2, 0.25) is 5.91 Å². The summed E-state index contributed by atoms with van der Waals surface area (Å²) in [7, 11) is 0. The van der Waals surface area contributed by atoms with Crippen molar-refractivity contribution in [2.75, 3.05) is 10.6 Å². The first-order valence-electron chi connectivity index (χ1n) is 10.6. The molecular formula is C25H27N5O2. The van der Waals surface area contributed by atoms with Crippen molar-refractivity contribution in [1.82, 2.24) is 9.78 Å². The molecule has 0 radical (unpaired) electrons. The van der Waals surface area contributed by atoms with E-state index in [4.69, 9.17) is 5.26 Å². The Balaban J connectivity index is 1.65. The molecule has 0 spiro atoms. The summed E-state index contributed by atoms with van der Waals surface area (Å²) >= 11 is 0. The largest absolute Gasteiger partial charge is 0.326 e. The van der Waals surface area contributed by atoms with Gasteiger partial charge in [0.15, 0.2) is 0 Å². The maximum absolute atomic E-state index is 12.7. The van der Waals surface area contributed by atoms with Gasteiger partial charge in [0.1, 0.15) is 0 Å². The first kappa shape index (κ1) is 22.8. The van der Waals surface area contributed by atoms with E-state index in [0.29, 0.717) is 48.3 Å². The summed E-state index contributed by atoms with van der Waals surface area (Å²) in [5.74, 6) is -0.349. The number of nitrogens with one attached hydrogen (secondary N) is 2. The molecule has 0 saturated heterocycles. The lowest BCUT2D eigenvalue weighted by molar-refractivity contribution is -0.116. The highest BCUT2D eigenvalue weighted by Gasteiger charge is 2.16. The minimum Gasteiger partial charge on any atom is -0.326 e. The Bertz CT molecular complexity index is 1160. The van der Waals surface area contributed by atoms with E-state index < -0.39 is 0 Å². The predicted octanol–water partition coefficient (Wildman–Crippen LogP) is 4.55. The fraction of sp³-hybridized carbons (Fsp3) is 0.280. The van der Waals surface area contributed by atoms with Crippen molar-refractivity contribution in [1.29, 1.82) is 5.26 Å². The fourth-order valence-electron chi connectivity index (χ4n) is 3.66. The van der Waals surface area contributed by atoms with Gasteiger partial charge in [0.25, 0.3) is 5.91 Å².